The van der Waals surface area contributed by atoms with Gasteiger partial charge in [-0.15, -0.1) is 0 Å². The summed E-state index contributed by atoms with van der Waals surface area (Å²) in [5, 5.41) is 11.4. The molecule has 1 aliphatic rings. The van der Waals surface area contributed by atoms with Gasteiger partial charge in [0.05, 0.1) is 17.2 Å². The first-order valence-electron chi connectivity index (χ1n) is 5.78. The number of rotatable bonds is 2. The summed E-state index contributed by atoms with van der Waals surface area (Å²) in [7, 11) is 0. The molecule has 0 spiro atoms. The zero-order valence-electron chi connectivity index (χ0n) is 9.92. The molecule has 0 radical (unpaired) electrons. The zero-order chi connectivity index (χ0) is 14.1. The van der Waals surface area contributed by atoms with Crippen LogP contribution in [0.2, 0.25) is 0 Å². The summed E-state index contributed by atoms with van der Waals surface area (Å²) in [4.78, 5) is 11.9. The average Bonchev–Trinajstić information content (AvgIpc) is 2.32. The summed E-state index contributed by atoms with van der Waals surface area (Å²) in [6.45, 7) is 0. The molecule has 100 valence electrons. The Morgan fingerprint density at radius 1 is 1.32 bits per heavy atom. The van der Waals surface area contributed by atoms with E-state index in [1.54, 1.807) is 0 Å². The van der Waals surface area contributed by atoms with Crippen molar-refractivity contribution in [3.05, 3.63) is 35.4 Å². The van der Waals surface area contributed by atoms with Crippen LogP contribution < -0.4 is 5.32 Å². The van der Waals surface area contributed by atoms with Gasteiger partial charge in [0.1, 0.15) is 5.54 Å². The number of carbonyl (C=O) groups excluding carboxylic acids is 1. The Balaban J connectivity index is 2.28. The highest BCUT2D eigenvalue weighted by molar-refractivity contribution is 5.96. The molecule has 19 heavy (non-hydrogen) atoms. The summed E-state index contributed by atoms with van der Waals surface area (Å²) < 4.78 is 38.3. The molecule has 0 aromatic heterocycles. The normalized spacial score (nSPS) is 17.2. The van der Waals surface area contributed by atoms with Crippen LogP contribution in [0.15, 0.2) is 24.3 Å². The first-order chi connectivity index (χ1) is 8.88. The third-order valence-corrected chi connectivity index (χ3v) is 3.25. The Hall–Kier alpha value is -2.03. The molecule has 0 aliphatic heterocycles. The number of carbonyl (C=O) groups is 1. The lowest BCUT2D eigenvalue weighted by molar-refractivity contribution is -0.137. The average molecular weight is 268 g/mol. The van der Waals surface area contributed by atoms with E-state index in [1.807, 2.05) is 6.07 Å². The number of halogens is 3. The fourth-order valence-corrected chi connectivity index (χ4v) is 2.01. The highest BCUT2D eigenvalue weighted by atomic mass is 19.4. The number of hydrogen-bond acceptors (Lipinski definition) is 2. The fraction of sp³-hybridized carbons (Fsp3) is 0.385. The van der Waals surface area contributed by atoms with Gasteiger partial charge in [-0.25, -0.2) is 0 Å². The molecule has 1 fully saturated rings. The number of alkyl halides is 3. The second-order valence-corrected chi connectivity index (χ2v) is 4.54. The van der Waals surface area contributed by atoms with Gasteiger partial charge in [-0.3, -0.25) is 4.79 Å². The van der Waals surface area contributed by atoms with E-state index in [9.17, 15) is 18.0 Å². The Labute approximate surface area is 108 Å². The van der Waals surface area contributed by atoms with Crippen LogP contribution in [0.1, 0.15) is 35.2 Å². The zero-order valence-corrected chi connectivity index (χ0v) is 9.92. The van der Waals surface area contributed by atoms with Crippen molar-refractivity contribution >= 4 is 5.91 Å². The van der Waals surface area contributed by atoms with Crippen LogP contribution in [0.4, 0.5) is 13.2 Å². The molecular formula is C13H11F3N2O. The molecule has 3 nitrogen and oxygen atoms in total. The van der Waals surface area contributed by atoms with E-state index in [-0.39, 0.29) is 0 Å². The van der Waals surface area contributed by atoms with Gasteiger partial charge in [-0.05, 0) is 31.4 Å². The Kier molecular flexibility index (Phi) is 3.23. The lowest BCUT2D eigenvalue weighted by Crippen LogP contribution is -2.52. The predicted octanol–water partition coefficient (Wildman–Crippen LogP) is 2.88. The molecule has 1 N–H and O–H groups in total. The highest BCUT2D eigenvalue weighted by Gasteiger charge is 2.41. The van der Waals surface area contributed by atoms with Gasteiger partial charge in [0.2, 0.25) is 0 Å². The monoisotopic (exact) mass is 268 g/mol. The molecule has 1 saturated carbocycles. The third kappa shape index (κ3) is 2.55. The lowest BCUT2D eigenvalue weighted by Gasteiger charge is -2.36. The van der Waals surface area contributed by atoms with Gasteiger partial charge in [0, 0.05) is 0 Å². The first-order valence-corrected chi connectivity index (χ1v) is 5.78. The van der Waals surface area contributed by atoms with Gasteiger partial charge in [0.15, 0.2) is 0 Å². The molecule has 0 saturated heterocycles. The molecule has 1 amide bonds. The first kappa shape index (κ1) is 13.4. The smallest absolute Gasteiger partial charge is 0.334 e. The summed E-state index contributed by atoms with van der Waals surface area (Å²) in [5.41, 5.74) is -2.44. The van der Waals surface area contributed by atoms with Crippen LogP contribution in [0, 0.1) is 11.3 Å². The molecule has 0 bridgehead atoms. The highest BCUT2D eigenvalue weighted by Crippen LogP contribution is 2.34. The van der Waals surface area contributed by atoms with Gasteiger partial charge >= 0.3 is 6.18 Å². The maximum absolute atomic E-state index is 12.8. The van der Waals surface area contributed by atoms with E-state index >= 15 is 0 Å². The van der Waals surface area contributed by atoms with Crippen molar-refractivity contribution in [2.45, 2.75) is 31.0 Å². The minimum atomic E-state index is -4.59. The Morgan fingerprint density at radius 2 is 1.95 bits per heavy atom. The van der Waals surface area contributed by atoms with Gasteiger partial charge in [0.25, 0.3) is 5.91 Å². The maximum atomic E-state index is 12.8. The molecular weight excluding hydrogens is 257 g/mol. The van der Waals surface area contributed by atoms with Gasteiger partial charge in [-0.2, -0.15) is 18.4 Å². The number of benzene rings is 1. The summed E-state index contributed by atoms with van der Waals surface area (Å²) in [6.07, 6.45) is -2.85. The Bertz CT molecular complexity index is 542. The van der Waals surface area contributed by atoms with E-state index in [0.29, 0.717) is 12.8 Å². The predicted molar refractivity (Wildman–Crippen MR) is 61.1 cm³/mol. The van der Waals surface area contributed by atoms with E-state index in [4.69, 9.17) is 5.26 Å². The molecule has 0 heterocycles. The molecule has 6 heteroatoms. The van der Waals surface area contributed by atoms with Crippen molar-refractivity contribution in [1.29, 1.82) is 5.26 Å². The second kappa shape index (κ2) is 4.57. The Morgan fingerprint density at radius 3 is 2.42 bits per heavy atom. The van der Waals surface area contributed by atoms with Crippen LogP contribution in [0.25, 0.3) is 0 Å². The molecule has 1 aromatic rings. The van der Waals surface area contributed by atoms with Gasteiger partial charge in [-0.1, -0.05) is 12.1 Å². The second-order valence-electron chi connectivity index (χ2n) is 4.54. The number of nitrogens with zero attached hydrogens (tertiary/aromatic N) is 1. The van der Waals surface area contributed by atoms with Crippen LogP contribution in [-0.2, 0) is 6.18 Å². The fourth-order valence-electron chi connectivity index (χ4n) is 2.01. The van der Waals surface area contributed by atoms with Crippen LogP contribution >= 0.6 is 0 Å². The summed E-state index contributed by atoms with van der Waals surface area (Å²) in [5.74, 6) is -0.853. The topological polar surface area (TPSA) is 52.9 Å². The van der Waals surface area contributed by atoms with Crippen molar-refractivity contribution in [3.63, 3.8) is 0 Å². The van der Waals surface area contributed by atoms with E-state index < -0.39 is 28.7 Å². The summed E-state index contributed by atoms with van der Waals surface area (Å²) in [6, 6.07) is 6.52. The van der Waals surface area contributed by atoms with E-state index in [0.717, 1.165) is 18.6 Å². The molecule has 1 aliphatic carbocycles. The molecule has 2 rings (SSSR count). The maximum Gasteiger partial charge on any atom is 0.417 e. The molecule has 0 unspecified atom stereocenters. The minimum absolute atomic E-state index is 0.448. The van der Waals surface area contributed by atoms with Crippen molar-refractivity contribution in [1.82, 2.24) is 5.32 Å². The van der Waals surface area contributed by atoms with E-state index in [1.165, 1.54) is 12.1 Å². The van der Waals surface area contributed by atoms with E-state index in [2.05, 4.69) is 5.32 Å². The third-order valence-electron chi connectivity index (χ3n) is 3.25. The van der Waals surface area contributed by atoms with Gasteiger partial charge < -0.3 is 5.32 Å². The minimum Gasteiger partial charge on any atom is -0.334 e. The van der Waals surface area contributed by atoms with Crippen molar-refractivity contribution in [3.8, 4) is 6.07 Å². The molecule has 1 aromatic carbocycles. The van der Waals surface area contributed by atoms with Crippen molar-refractivity contribution in [2.24, 2.45) is 0 Å². The van der Waals surface area contributed by atoms with Crippen LogP contribution in [0.5, 0.6) is 0 Å². The van der Waals surface area contributed by atoms with Crippen molar-refractivity contribution < 1.29 is 18.0 Å². The largest absolute Gasteiger partial charge is 0.417 e. The summed E-state index contributed by atoms with van der Waals surface area (Å²) >= 11 is 0. The quantitative estimate of drug-likeness (QED) is 0.896. The molecule has 0 atom stereocenters. The number of nitrogens with one attached hydrogen (secondary N) is 1. The number of hydrogen-bond donors (Lipinski definition) is 1. The number of amides is 1. The SMILES string of the molecule is N#CC1(NC(=O)c2ccccc2C(F)(F)F)CCC1. The number of nitriles is 1. The lowest BCUT2D eigenvalue weighted by atomic mass is 9.78. The van der Waals surface area contributed by atoms with Crippen LogP contribution in [0.3, 0.4) is 0 Å². The van der Waals surface area contributed by atoms with Crippen molar-refractivity contribution in [2.75, 3.05) is 0 Å². The van der Waals surface area contributed by atoms with Crippen LogP contribution in [-0.4, -0.2) is 11.4 Å². The standard InChI is InChI=1S/C13H11F3N2O/c14-13(15,16)10-5-2-1-4-9(10)11(19)18-12(8-17)6-3-7-12/h1-2,4-5H,3,6-7H2,(H,18,19).